The average Bonchev–Trinajstić information content (AvgIpc) is 2.61. The van der Waals surface area contributed by atoms with Gasteiger partial charge in [-0.1, -0.05) is 41.9 Å². The third-order valence-corrected chi connectivity index (χ3v) is 4.49. The van der Waals surface area contributed by atoms with Crippen LogP contribution in [-0.4, -0.2) is 23.6 Å². The molecule has 7 heteroatoms. The molecule has 0 radical (unpaired) electrons. The molecular weight excluding hydrogens is 356 g/mol. The van der Waals surface area contributed by atoms with Crippen molar-refractivity contribution >= 4 is 35.2 Å². The van der Waals surface area contributed by atoms with E-state index in [0.717, 1.165) is 0 Å². The Morgan fingerprint density at radius 2 is 1.50 bits per heavy atom. The highest BCUT2D eigenvalue weighted by Gasteiger charge is 2.41. The van der Waals surface area contributed by atoms with E-state index in [2.05, 4.69) is 10.6 Å². The zero-order valence-electron chi connectivity index (χ0n) is 13.6. The van der Waals surface area contributed by atoms with Gasteiger partial charge in [-0.3, -0.25) is 25.0 Å². The molecule has 0 bridgehead atoms. The molecule has 26 heavy (non-hydrogen) atoms. The molecule has 0 saturated carbocycles. The lowest BCUT2D eigenvalue weighted by atomic mass is 9.79. The highest BCUT2D eigenvalue weighted by molar-refractivity contribution is 6.30. The molecule has 1 saturated heterocycles. The summed E-state index contributed by atoms with van der Waals surface area (Å²) in [6, 6.07) is 14.4. The van der Waals surface area contributed by atoms with Gasteiger partial charge in [-0.25, -0.2) is 4.79 Å². The summed E-state index contributed by atoms with van der Waals surface area (Å²) in [5, 5.41) is 4.69. The Morgan fingerprint density at radius 3 is 2.08 bits per heavy atom. The second-order valence-electron chi connectivity index (χ2n) is 5.94. The van der Waals surface area contributed by atoms with Crippen molar-refractivity contribution < 1.29 is 19.2 Å². The van der Waals surface area contributed by atoms with Crippen molar-refractivity contribution in [1.82, 2.24) is 10.6 Å². The van der Waals surface area contributed by atoms with E-state index >= 15 is 0 Å². The third-order valence-electron chi connectivity index (χ3n) is 4.24. The largest absolute Gasteiger partial charge is 0.328 e. The van der Waals surface area contributed by atoms with E-state index < -0.39 is 29.7 Å². The van der Waals surface area contributed by atoms with Crippen LogP contribution in [-0.2, 0) is 9.59 Å². The van der Waals surface area contributed by atoms with Gasteiger partial charge in [0.05, 0.1) is 0 Å². The quantitative estimate of drug-likeness (QED) is 0.625. The van der Waals surface area contributed by atoms with E-state index in [1.54, 1.807) is 54.6 Å². The normalized spacial score (nSPS) is 16.0. The fraction of sp³-hybridized carbons (Fsp3) is 0.158. The second kappa shape index (κ2) is 7.49. The molecule has 0 spiro atoms. The summed E-state index contributed by atoms with van der Waals surface area (Å²) in [5.41, 5.74) is 1.10. The molecular formula is C19H15ClN2O4. The molecule has 1 heterocycles. The number of amides is 4. The number of benzene rings is 2. The Bertz CT molecular complexity index is 845. The van der Waals surface area contributed by atoms with Crippen molar-refractivity contribution in [3.05, 3.63) is 70.7 Å². The number of nitrogens with one attached hydrogen (secondary N) is 2. The van der Waals surface area contributed by atoms with Crippen LogP contribution in [0.5, 0.6) is 0 Å². The lowest BCUT2D eigenvalue weighted by molar-refractivity contribution is -0.136. The van der Waals surface area contributed by atoms with Gasteiger partial charge in [-0.05, 0) is 29.8 Å². The summed E-state index contributed by atoms with van der Waals surface area (Å²) in [7, 11) is 0. The van der Waals surface area contributed by atoms with Gasteiger partial charge in [0.25, 0.3) is 0 Å². The smallest absolute Gasteiger partial charge is 0.294 e. The predicted molar refractivity (Wildman–Crippen MR) is 94.8 cm³/mol. The minimum Gasteiger partial charge on any atom is -0.294 e. The molecule has 1 aliphatic heterocycles. The fourth-order valence-electron chi connectivity index (χ4n) is 2.98. The number of urea groups is 1. The molecule has 2 aromatic carbocycles. The number of hydrogen-bond acceptors (Lipinski definition) is 4. The summed E-state index contributed by atoms with van der Waals surface area (Å²) >= 11 is 5.84. The Hall–Kier alpha value is -2.99. The van der Waals surface area contributed by atoms with E-state index in [1.807, 2.05) is 0 Å². The van der Waals surface area contributed by atoms with E-state index in [4.69, 9.17) is 11.6 Å². The lowest BCUT2D eigenvalue weighted by Crippen LogP contribution is -2.57. The number of carbonyl (C=O) groups is 4. The number of halogens is 1. The summed E-state index contributed by atoms with van der Waals surface area (Å²) in [6.07, 6.45) is -0.0641. The molecule has 0 aliphatic carbocycles. The van der Waals surface area contributed by atoms with Crippen LogP contribution in [0.3, 0.4) is 0 Å². The molecule has 3 rings (SSSR count). The Balaban J connectivity index is 1.92. The minimum atomic E-state index is -1.17. The summed E-state index contributed by atoms with van der Waals surface area (Å²) in [4.78, 5) is 48.5. The third kappa shape index (κ3) is 3.81. The molecule has 1 atom stereocenters. The Kier molecular flexibility index (Phi) is 5.14. The maximum Gasteiger partial charge on any atom is 0.328 e. The second-order valence-corrected chi connectivity index (χ2v) is 6.37. The highest BCUT2D eigenvalue weighted by Crippen LogP contribution is 2.31. The lowest BCUT2D eigenvalue weighted by Gasteiger charge is -2.28. The van der Waals surface area contributed by atoms with Gasteiger partial charge in [-0.15, -0.1) is 0 Å². The minimum absolute atomic E-state index is 0.0641. The standard InChI is InChI=1S/C19H15ClN2O4/c20-13-8-6-12(7-9-13)15(23)10-14(11-4-2-1-3-5-11)16-17(24)21-19(26)22-18(16)25/h1-9,14,16H,10H2,(H2,21,22,24,25,26). The predicted octanol–water partition coefficient (Wildman–Crippen LogP) is 2.68. The number of hydrogen-bond donors (Lipinski definition) is 2. The first-order chi connectivity index (χ1) is 12.5. The molecule has 2 aromatic rings. The van der Waals surface area contributed by atoms with Crippen LogP contribution in [0.25, 0.3) is 0 Å². The summed E-state index contributed by atoms with van der Waals surface area (Å²) in [6.45, 7) is 0. The van der Waals surface area contributed by atoms with Crippen molar-refractivity contribution in [3.63, 3.8) is 0 Å². The first kappa shape index (κ1) is 17.8. The van der Waals surface area contributed by atoms with E-state index in [1.165, 1.54) is 0 Å². The van der Waals surface area contributed by atoms with Crippen LogP contribution >= 0.6 is 11.6 Å². The van der Waals surface area contributed by atoms with Crippen molar-refractivity contribution in [2.75, 3.05) is 0 Å². The van der Waals surface area contributed by atoms with Crippen molar-refractivity contribution in [2.24, 2.45) is 5.92 Å². The number of carbonyl (C=O) groups excluding carboxylic acids is 4. The fourth-order valence-corrected chi connectivity index (χ4v) is 3.10. The molecule has 1 fully saturated rings. The van der Waals surface area contributed by atoms with Crippen LogP contribution in [0.2, 0.25) is 5.02 Å². The van der Waals surface area contributed by atoms with Crippen molar-refractivity contribution in [2.45, 2.75) is 12.3 Å². The molecule has 2 N–H and O–H groups in total. The average molecular weight is 371 g/mol. The maximum absolute atomic E-state index is 12.7. The van der Waals surface area contributed by atoms with Crippen LogP contribution in [0, 0.1) is 5.92 Å². The summed E-state index contributed by atoms with van der Waals surface area (Å²) < 4.78 is 0. The highest BCUT2D eigenvalue weighted by atomic mass is 35.5. The molecule has 6 nitrogen and oxygen atoms in total. The van der Waals surface area contributed by atoms with Gasteiger partial charge in [0.2, 0.25) is 11.8 Å². The summed E-state index contributed by atoms with van der Waals surface area (Å²) in [5.74, 6) is -3.53. The van der Waals surface area contributed by atoms with Crippen molar-refractivity contribution in [3.8, 4) is 0 Å². The van der Waals surface area contributed by atoms with Gasteiger partial charge in [0.15, 0.2) is 5.78 Å². The van der Waals surface area contributed by atoms with Gasteiger partial charge in [0, 0.05) is 22.9 Å². The zero-order chi connectivity index (χ0) is 18.7. The first-order valence-electron chi connectivity index (χ1n) is 7.95. The van der Waals surface area contributed by atoms with Gasteiger partial charge >= 0.3 is 6.03 Å². The SMILES string of the molecule is O=C1NC(=O)C(C(CC(=O)c2ccc(Cl)cc2)c2ccccc2)C(=O)N1. The van der Waals surface area contributed by atoms with Crippen LogP contribution in [0.4, 0.5) is 4.79 Å². The zero-order valence-corrected chi connectivity index (χ0v) is 14.3. The first-order valence-corrected chi connectivity index (χ1v) is 8.33. The Labute approximate surface area is 154 Å². The molecule has 1 unspecified atom stereocenters. The van der Waals surface area contributed by atoms with Crippen LogP contribution < -0.4 is 10.6 Å². The van der Waals surface area contributed by atoms with E-state index in [-0.39, 0.29) is 12.2 Å². The number of Topliss-reactive ketones (excluding diaryl/α,β-unsaturated/α-hetero) is 1. The number of imide groups is 2. The number of rotatable bonds is 5. The molecule has 4 amide bonds. The number of ketones is 1. The van der Waals surface area contributed by atoms with Gasteiger partial charge in [-0.2, -0.15) is 0 Å². The van der Waals surface area contributed by atoms with Gasteiger partial charge < -0.3 is 0 Å². The topological polar surface area (TPSA) is 92.3 Å². The van der Waals surface area contributed by atoms with E-state index in [9.17, 15) is 19.2 Å². The molecule has 0 aromatic heterocycles. The van der Waals surface area contributed by atoms with Crippen LogP contribution in [0.1, 0.15) is 28.3 Å². The van der Waals surface area contributed by atoms with E-state index in [0.29, 0.717) is 16.1 Å². The molecule has 132 valence electrons. The maximum atomic E-state index is 12.7. The monoisotopic (exact) mass is 370 g/mol. The van der Waals surface area contributed by atoms with Gasteiger partial charge in [0.1, 0.15) is 5.92 Å². The Morgan fingerprint density at radius 1 is 0.923 bits per heavy atom. The van der Waals surface area contributed by atoms with Crippen LogP contribution in [0.15, 0.2) is 54.6 Å². The molecule has 1 aliphatic rings. The number of barbiturate groups is 1. The van der Waals surface area contributed by atoms with Crippen molar-refractivity contribution in [1.29, 1.82) is 0 Å².